The maximum Gasteiger partial charge on any atom is 0.259 e. The summed E-state index contributed by atoms with van der Waals surface area (Å²) in [7, 11) is 1.70. The lowest BCUT2D eigenvalue weighted by atomic mass is 10.1. The van der Waals surface area contributed by atoms with Gasteiger partial charge in [0.2, 0.25) is 0 Å². The lowest BCUT2D eigenvalue weighted by molar-refractivity contribution is 0.0993. The van der Waals surface area contributed by atoms with Crippen molar-refractivity contribution in [2.75, 3.05) is 11.9 Å². The second-order valence-electron chi connectivity index (χ2n) is 5.25. The van der Waals surface area contributed by atoms with Crippen molar-refractivity contribution >= 4 is 22.4 Å². The number of hydrogen-bond acceptors (Lipinski definition) is 3. The van der Waals surface area contributed by atoms with Crippen molar-refractivity contribution in [1.82, 2.24) is 4.98 Å². The van der Waals surface area contributed by atoms with Gasteiger partial charge in [-0.25, -0.2) is 9.37 Å². The number of anilines is 1. The van der Waals surface area contributed by atoms with E-state index in [1.807, 2.05) is 36.6 Å². The van der Waals surface area contributed by atoms with Crippen LogP contribution >= 0.6 is 11.3 Å². The third-order valence-corrected chi connectivity index (χ3v) is 4.44. The van der Waals surface area contributed by atoms with Crippen LogP contribution in [0.25, 0.3) is 11.3 Å². The number of nitrogens with zero attached hydrogens (tertiary/aromatic N) is 2. The first-order valence-electron chi connectivity index (χ1n) is 7.11. The van der Waals surface area contributed by atoms with Crippen LogP contribution in [0.1, 0.15) is 15.9 Å². The van der Waals surface area contributed by atoms with Gasteiger partial charge in [-0.2, -0.15) is 0 Å². The average molecular weight is 326 g/mol. The summed E-state index contributed by atoms with van der Waals surface area (Å²) in [5.74, 6) is -0.388. The van der Waals surface area contributed by atoms with Crippen molar-refractivity contribution in [2.24, 2.45) is 0 Å². The largest absolute Gasteiger partial charge is 0.287 e. The van der Waals surface area contributed by atoms with Gasteiger partial charge in [0.05, 0.1) is 5.69 Å². The standard InChI is InChI=1S/C18H15FN2OS/c1-12-3-5-14(6-4-12)17(22)21(2)18-20-16(11-23-18)13-7-9-15(19)10-8-13/h3-11H,1-2H3. The van der Waals surface area contributed by atoms with Gasteiger partial charge in [-0.1, -0.05) is 17.7 Å². The molecule has 0 fully saturated rings. The van der Waals surface area contributed by atoms with E-state index < -0.39 is 0 Å². The van der Waals surface area contributed by atoms with Crippen molar-refractivity contribution in [3.8, 4) is 11.3 Å². The monoisotopic (exact) mass is 326 g/mol. The van der Waals surface area contributed by atoms with Gasteiger partial charge in [-0.3, -0.25) is 9.69 Å². The van der Waals surface area contributed by atoms with E-state index in [0.717, 1.165) is 16.8 Å². The maximum atomic E-state index is 13.0. The molecule has 0 atom stereocenters. The quantitative estimate of drug-likeness (QED) is 0.708. The Labute approximate surface area is 138 Å². The molecule has 0 saturated carbocycles. The van der Waals surface area contributed by atoms with Gasteiger partial charge < -0.3 is 0 Å². The topological polar surface area (TPSA) is 33.2 Å². The molecule has 2 aromatic carbocycles. The summed E-state index contributed by atoms with van der Waals surface area (Å²) in [5, 5.41) is 2.47. The molecule has 3 rings (SSSR count). The van der Waals surface area contributed by atoms with Crippen LogP contribution in [0.2, 0.25) is 0 Å². The number of halogens is 1. The minimum Gasteiger partial charge on any atom is -0.287 e. The van der Waals surface area contributed by atoms with Crippen molar-refractivity contribution in [3.63, 3.8) is 0 Å². The van der Waals surface area contributed by atoms with Gasteiger partial charge in [-0.15, -0.1) is 11.3 Å². The molecular formula is C18H15FN2OS. The Bertz CT molecular complexity index is 825. The number of aromatic nitrogens is 1. The number of carbonyl (C=O) groups is 1. The number of rotatable bonds is 3. The Kier molecular flexibility index (Phi) is 4.21. The molecule has 0 aliphatic rings. The molecule has 1 heterocycles. The predicted molar refractivity (Wildman–Crippen MR) is 91.4 cm³/mol. The van der Waals surface area contributed by atoms with E-state index in [1.54, 1.807) is 19.2 Å². The summed E-state index contributed by atoms with van der Waals surface area (Å²) in [4.78, 5) is 18.5. The van der Waals surface area contributed by atoms with Crippen molar-refractivity contribution < 1.29 is 9.18 Å². The van der Waals surface area contributed by atoms with Crippen molar-refractivity contribution in [3.05, 3.63) is 70.9 Å². The van der Waals surface area contributed by atoms with Crippen molar-refractivity contribution in [1.29, 1.82) is 0 Å². The highest BCUT2D eigenvalue weighted by atomic mass is 32.1. The van der Waals surface area contributed by atoms with Crippen LogP contribution in [0.4, 0.5) is 9.52 Å². The third-order valence-electron chi connectivity index (χ3n) is 3.52. The Hall–Kier alpha value is -2.53. The Balaban J connectivity index is 1.83. The molecule has 0 aliphatic carbocycles. The van der Waals surface area contributed by atoms with E-state index in [9.17, 15) is 9.18 Å². The lowest BCUT2D eigenvalue weighted by Crippen LogP contribution is -2.26. The molecule has 3 nitrogen and oxygen atoms in total. The number of thiazole rings is 1. The van der Waals surface area contributed by atoms with E-state index in [0.29, 0.717) is 10.7 Å². The molecule has 0 bridgehead atoms. The molecule has 0 radical (unpaired) electrons. The number of aryl methyl sites for hydroxylation is 1. The van der Waals surface area contributed by atoms with E-state index in [1.165, 1.54) is 28.4 Å². The van der Waals surface area contributed by atoms with Crippen molar-refractivity contribution in [2.45, 2.75) is 6.92 Å². The molecule has 1 aromatic heterocycles. The van der Waals surface area contributed by atoms with Crippen LogP contribution in [0.3, 0.4) is 0 Å². The van der Waals surface area contributed by atoms with Crippen LogP contribution in [0.5, 0.6) is 0 Å². The van der Waals surface area contributed by atoms with Crippen LogP contribution in [0, 0.1) is 12.7 Å². The predicted octanol–water partition coefficient (Wildman–Crippen LogP) is 4.53. The molecule has 0 N–H and O–H groups in total. The smallest absolute Gasteiger partial charge is 0.259 e. The van der Waals surface area contributed by atoms with Gasteiger partial charge in [-0.05, 0) is 43.3 Å². The molecule has 3 aromatic rings. The Morgan fingerprint density at radius 2 is 1.74 bits per heavy atom. The summed E-state index contributed by atoms with van der Waals surface area (Å²) >= 11 is 1.38. The zero-order valence-electron chi connectivity index (χ0n) is 12.8. The molecule has 0 spiro atoms. The highest BCUT2D eigenvalue weighted by Gasteiger charge is 2.16. The van der Waals surface area contributed by atoms with E-state index in [2.05, 4.69) is 4.98 Å². The van der Waals surface area contributed by atoms with Gasteiger partial charge in [0.1, 0.15) is 5.82 Å². The molecule has 5 heteroatoms. The maximum absolute atomic E-state index is 13.0. The fourth-order valence-electron chi connectivity index (χ4n) is 2.15. The van der Waals surface area contributed by atoms with Gasteiger partial charge in [0, 0.05) is 23.6 Å². The van der Waals surface area contributed by atoms with Crippen LogP contribution in [0.15, 0.2) is 53.9 Å². The van der Waals surface area contributed by atoms with Crippen LogP contribution in [-0.2, 0) is 0 Å². The first kappa shape index (κ1) is 15.4. The fourth-order valence-corrected chi connectivity index (χ4v) is 2.95. The lowest BCUT2D eigenvalue weighted by Gasteiger charge is -2.13. The zero-order valence-corrected chi connectivity index (χ0v) is 13.6. The molecular weight excluding hydrogens is 311 g/mol. The fraction of sp³-hybridized carbons (Fsp3) is 0.111. The van der Waals surface area contributed by atoms with E-state index in [-0.39, 0.29) is 11.7 Å². The molecule has 23 heavy (non-hydrogen) atoms. The number of hydrogen-bond donors (Lipinski definition) is 0. The third kappa shape index (κ3) is 3.29. The molecule has 0 aliphatic heterocycles. The second-order valence-corrected chi connectivity index (χ2v) is 6.09. The number of amides is 1. The Morgan fingerprint density at radius 3 is 2.39 bits per heavy atom. The summed E-state index contributed by atoms with van der Waals surface area (Å²) in [6.45, 7) is 1.98. The Morgan fingerprint density at radius 1 is 1.09 bits per heavy atom. The van der Waals surface area contributed by atoms with Gasteiger partial charge in [0.25, 0.3) is 5.91 Å². The van der Waals surface area contributed by atoms with Gasteiger partial charge >= 0.3 is 0 Å². The van der Waals surface area contributed by atoms with Gasteiger partial charge in [0.15, 0.2) is 5.13 Å². The summed E-state index contributed by atoms with van der Waals surface area (Å²) in [6, 6.07) is 13.6. The highest BCUT2D eigenvalue weighted by molar-refractivity contribution is 7.14. The van der Waals surface area contributed by atoms with Crippen LogP contribution in [-0.4, -0.2) is 17.9 Å². The highest BCUT2D eigenvalue weighted by Crippen LogP contribution is 2.27. The zero-order chi connectivity index (χ0) is 16.4. The average Bonchev–Trinajstić information content (AvgIpc) is 3.05. The minimum absolute atomic E-state index is 0.106. The minimum atomic E-state index is -0.282. The van der Waals surface area contributed by atoms with E-state index in [4.69, 9.17) is 0 Å². The first-order valence-corrected chi connectivity index (χ1v) is 7.99. The molecule has 0 unspecified atom stereocenters. The molecule has 1 amide bonds. The summed E-state index contributed by atoms with van der Waals surface area (Å²) in [6.07, 6.45) is 0. The SMILES string of the molecule is Cc1ccc(C(=O)N(C)c2nc(-c3ccc(F)cc3)cs2)cc1. The summed E-state index contributed by atoms with van der Waals surface area (Å²) in [5.41, 5.74) is 3.28. The molecule has 0 saturated heterocycles. The summed E-state index contributed by atoms with van der Waals surface area (Å²) < 4.78 is 13.0. The molecule has 116 valence electrons. The second kappa shape index (κ2) is 6.30. The van der Waals surface area contributed by atoms with Crippen LogP contribution < -0.4 is 4.90 Å². The number of carbonyl (C=O) groups excluding carboxylic acids is 1. The van der Waals surface area contributed by atoms with E-state index >= 15 is 0 Å². The normalized spacial score (nSPS) is 10.6. The number of benzene rings is 2. The first-order chi connectivity index (χ1) is 11.0.